The van der Waals surface area contributed by atoms with E-state index in [0.717, 1.165) is 10.6 Å². The highest BCUT2D eigenvalue weighted by Gasteiger charge is 2.21. The Morgan fingerprint density at radius 3 is 2.56 bits per heavy atom. The van der Waals surface area contributed by atoms with Crippen LogP contribution in [-0.4, -0.2) is 29.9 Å². The van der Waals surface area contributed by atoms with Crippen LogP contribution in [-0.2, 0) is 0 Å². The second-order valence-corrected chi connectivity index (χ2v) is 7.30. The van der Waals surface area contributed by atoms with E-state index < -0.39 is 12.1 Å². The highest BCUT2D eigenvalue weighted by Crippen LogP contribution is 2.26. The average molecular weight is 380 g/mol. The average Bonchev–Trinajstić information content (AvgIpc) is 2.62. The first-order valence-electron chi connectivity index (χ1n) is 8.01. The molecule has 0 aliphatic heterocycles. The van der Waals surface area contributed by atoms with Crippen LogP contribution in [0.5, 0.6) is 5.75 Å². The number of ether oxygens (including phenoxy) is 1. The van der Waals surface area contributed by atoms with Crippen LogP contribution in [0.1, 0.15) is 35.9 Å². The zero-order chi connectivity index (χ0) is 18.4. The number of aliphatic hydroxyl groups is 1. The predicted octanol–water partition coefficient (Wildman–Crippen LogP) is 4.31. The highest BCUT2D eigenvalue weighted by atomic mass is 35.5. The maximum Gasteiger partial charge on any atom is 0.252 e. The van der Waals surface area contributed by atoms with Gasteiger partial charge in [0.05, 0.1) is 24.8 Å². The van der Waals surface area contributed by atoms with Gasteiger partial charge in [-0.1, -0.05) is 30.7 Å². The van der Waals surface area contributed by atoms with Crippen molar-refractivity contribution in [3.63, 3.8) is 0 Å². The Bertz CT molecular complexity index is 721. The van der Waals surface area contributed by atoms with Crippen LogP contribution in [0.2, 0.25) is 5.02 Å². The lowest BCUT2D eigenvalue weighted by atomic mass is 10.0. The van der Waals surface area contributed by atoms with Crippen molar-refractivity contribution in [2.45, 2.75) is 30.9 Å². The lowest BCUT2D eigenvalue weighted by molar-refractivity contribution is 0.0849. The second-order valence-electron chi connectivity index (χ2n) is 5.55. The summed E-state index contributed by atoms with van der Waals surface area (Å²) in [5.41, 5.74) is 1.23. The molecule has 0 radical (unpaired) electrons. The van der Waals surface area contributed by atoms with Crippen LogP contribution >= 0.6 is 23.4 Å². The summed E-state index contributed by atoms with van der Waals surface area (Å²) in [6.45, 7) is 3.79. The molecule has 2 aromatic rings. The number of aliphatic hydroxyl groups excluding tert-OH is 1. The van der Waals surface area contributed by atoms with Crippen molar-refractivity contribution in [3.05, 3.63) is 58.6 Å². The molecule has 2 aromatic carbocycles. The Labute approximate surface area is 157 Å². The van der Waals surface area contributed by atoms with E-state index in [-0.39, 0.29) is 5.91 Å². The maximum atomic E-state index is 12.6. The number of amides is 1. The largest absolute Gasteiger partial charge is 0.497 e. The smallest absolute Gasteiger partial charge is 0.252 e. The first kappa shape index (κ1) is 19.6. The fourth-order valence-corrected chi connectivity index (χ4v) is 3.37. The van der Waals surface area contributed by atoms with Crippen LogP contribution in [0, 0.1) is 0 Å². The summed E-state index contributed by atoms with van der Waals surface area (Å²) in [6.07, 6.45) is -0.823. The molecule has 0 aliphatic rings. The van der Waals surface area contributed by atoms with Crippen LogP contribution in [0.25, 0.3) is 0 Å². The summed E-state index contributed by atoms with van der Waals surface area (Å²) in [7, 11) is 1.59. The van der Waals surface area contributed by atoms with E-state index in [0.29, 0.717) is 21.9 Å². The molecule has 0 spiro atoms. The van der Waals surface area contributed by atoms with Crippen molar-refractivity contribution in [2.75, 3.05) is 12.9 Å². The predicted molar refractivity (Wildman–Crippen MR) is 103 cm³/mol. The van der Waals surface area contributed by atoms with Gasteiger partial charge in [-0.3, -0.25) is 4.79 Å². The first-order chi connectivity index (χ1) is 12.0. The molecule has 0 heterocycles. The summed E-state index contributed by atoms with van der Waals surface area (Å²) in [4.78, 5) is 13.5. The number of hydrogen-bond donors (Lipinski definition) is 2. The molecule has 2 atom stereocenters. The number of methoxy groups -OCH3 is 1. The van der Waals surface area contributed by atoms with E-state index in [2.05, 4.69) is 5.32 Å². The molecule has 2 N–H and O–H groups in total. The number of halogens is 1. The minimum absolute atomic E-state index is 0.251. The topological polar surface area (TPSA) is 58.6 Å². The Balaban J connectivity index is 2.12. The van der Waals surface area contributed by atoms with Gasteiger partial charge in [-0.25, -0.2) is 0 Å². The van der Waals surface area contributed by atoms with Gasteiger partial charge in [0.15, 0.2) is 0 Å². The molecule has 0 saturated heterocycles. The zero-order valence-corrected chi connectivity index (χ0v) is 16.0. The van der Waals surface area contributed by atoms with E-state index >= 15 is 0 Å². The van der Waals surface area contributed by atoms with Gasteiger partial charge in [0, 0.05) is 9.92 Å². The summed E-state index contributed by atoms with van der Waals surface area (Å²) in [6, 6.07) is 11.9. The summed E-state index contributed by atoms with van der Waals surface area (Å²) < 4.78 is 5.11. The van der Waals surface area contributed by atoms with Gasteiger partial charge < -0.3 is 15.2 Å². The van der Waals surface area contributed by atoms with E-state index in [9.17, 15) is 9.90 Å². The number of carbonyl (C=O) groups excluding carboxylic acids is 1. The third-order valence-corrected chi connectivity index (χ3v) is 4.97. The third-order valence-electron chi connectivity index (χ3n) is 3.78. The second kappa shape index (κ2) is 9.13. The van der Waals surface area contributed by atoms with Crippen LogP contribution in [0.4, 0.5) is 0 Å². The van der Waals surface area contributed by atoms with Crippen molar-refractivity contribution < 1.29 is 14.6 Å². The van der Waals surface area contributed by atoms with E-state index in [4.69, 9.17) is 16.3 Å². The molecule has 0 saturated carbocycles. The summed E-state index contributed by atoms with van der Waals surface area (Å²) >= 11 is 7.61. The van der Waals surface area contributed by atoms with Gasteiger partial charge in [0.2, 0.25) is 0 Å². The Hall–Kier alpha value is -1.69. The third kappa shape index (κ3) is 5.14. The zero-order valence-electron chi connectivity index (χ0n) is 14.5. The maximum absolute atomic E-state index is 12.6. The van der Waals surface area contributed by atoms with E-state index in [1.54, 1.807) is 62.2 Å². The van der Waals surface area contributed by atoms with Gasteiger partial charge in [0.25, 0.3) is 5.91 Å². The van der Waals surface area contributed by atoms with E-state index in [1.165, 1.54) is 0 Å². The Morgan fingerprint density at radius 1 is 1.28 bits per heavy atom. The standard InChI is InChI=1S/C19H22ClNO3S/c1-4-25-17-10-7-14(20)11-16(17)19(23)21-12(2)18(22)13-5-8-15(24-3)9-6-13/h5-12,18,22H,4H2,1-3H3,(H,21,23)/t12-,18-/m0/s1. The molecular formula is C19H22ClNO3S. The van der Waals surface area contributed by atoms with Crippen molar-refractivity contribution in [1.82, 2.24) is 5.32 Å². The number of carbonyl (C=O) groups is 1. The molecule has 134 valence electrons. The number of thioether (sulfide) groups is 1. The minimum Gasteiger partial charge on any atom is -0.497 e. The summed E-state index contributed by atoms with van der Waals surface area (Å²) in [5.74, 6) is 1.32. The van der Waals surface area contributed by atoms with Gasteiger partial charge in [-0.2, -0.15) is 0 Å². The first-order valence-corrected chi connectivity index (χ1v) is 9.37. The fourth-order valence-electron chi connectivity index (χ4n) is 2.41. The quantitative estimate of drug-likeness (QED) is 0.703. The van der Waals surface area contributed by atoms with Gasteiger partial charge in [-0.15, -0.1) is 11.8 Å². The van der Waals surface area contributed by atoms with Gasteiger partial charge in [-0.05, 0) is 48.6 Å². The number of nitrogens with one attached hydrogen (secondary N) is 1. The van der Waals surface area contributed by atoms with Crippen molar-refractivity contribution in [2.24, 2.45) is 0 Å². The van der Waals surface area contributed by atoms with Crippen LogP contribution < -0.4 is 10.1 Å². The molecule has 2 rings (SSSR count). The van der Waals surface area contributed by atoms with Crippen molar-refractivity contribution in [1.29, 1.82) is 0 Å². The Morgan fingerprint density at radius 2 is 1.96 bits per heavy atom. The lowest BCUT2D eigenvalue weighted by Gasteiger charge is -2.21. The normalized spacial score (nSPS) is 13.2. The molecule has 0 unspecified atom stereocenters. The molecule has 0 bridgehead atoms. The minimum atomic E-state index is -0.823. The number of benzene rings is 2. The fraction of sp³-hybridized carbons (Fsp3) is 0.316. The molecule has 25 heavy (non-hydrogen) atoms. The molecule has 6 heteroatoms. The molecule has 0 fully saturated rings. The molecule has 0 aromatic heterocycles. The lowest BCUT2D eigenvalue weighted by Crippen LogP contribution is -2.37. The van der Waals surface area contributed by atoms with Crippen molar-refractivity contribution in [3.8, 4) is 5.75 Å². The number of rotatable bonds is 7. The molecule has 1 amide bonds. The number of hydrogen-bond acceptors (Lipinski definition) is 4. The van der Waals surface area contributed by atoms with Gasteiger partial charge >= 0.3 is 0 Å². The summed E-state index contributed by atoms with van der Waals surface area (Å²) in [5, 5.41) is 13.9. The van der Waals surface area contributed by atoms with E-state index in [1.807, 2.05) is 13.0 Å². The molecular weight excluding hydrogens is 358 g/mol. The monoisotopic (exact) mass is 379 g/mol. The van der Waals surface area contributed by atoms with Crippen molar-refractivity contribution >= 4 is 29.3 Å². The van der Waals surface area contributed by atoms with Gasteiger partial charge in [0.1, 0.15) is 5.75 Å². The highest BCUT2D eigenvalue weighted by molar-refractivity contribution is 7.99. The molecule has 4 nitrogen and oxygen atoms in total. The van der Waals surface area contributed by atoms with Crippen LogP contribution in [0.15, 0.2) is 47.4 Å². The molecule has 0 aliphatic carbocycles. The van der Waals surface area contributed by atoms with Crippen LogP contribution in [0.3, 0.4) is 0 Å². The SMILES string of the molecule is CCSc1ccc(Cl)cc1C(=O)N[C@@H](C)[C@H](O)c1ccc(OC)cc1. The Kier molecular flexibility index (Phi) is 7.17.